The second-order valence-electron chi connectivity index (χ2n) is 7.54. The lowest BCUT2D eigenvalue weighted by molar-refractivity contribution is 0.138. The predicted octanol–water partition coefficient (Wildman–Crippen LogP) is 4.28. The highest BCUT2D eigenvalue weighted by molar-refractivity contribution is 5.84. The number of ether oxygens (including phenoxy) is 4. The van der Waals surface area contributed by atoms with Crippen molar-refractivity contribution in [2.45, 2.75) is 26.0 Å². The van der Waals surface area contributed by atoms with Crippen LogP contribution in [0.5, 0.6) is 11.5 Å². The average Bonchev–Trinajstić information content (AvgIpc) is 3.47. The van der Waals surface area contributed by atoms with Gasteiger partial charge >= 0.3 is 6.09 Å². The molecule has 32 heavy (non-hydrogen) atoms. The molecule has 3 aromatic rings. The van der Waals surface area contributed by atoms with Crippen molar-refractivity contribution >= 4 is 11.8 Å². The van der Waals surface area contributed by atoms with Gasteiger partial charge in [0.1, 0.15) is 12.7 Å². The Bertz CT molecular complexity index is 1040. The molecule has 1 N–H and O–H groups in total. The molecule has 0 saturated carbocycles. The highest BCUT2D eigenvalue weighted by Gasteiger charge is 2.20. The second kappa shape index (κ2) is 10.2. The zero-order valence-electron chi connectivity index (χ0n) is 18.2. The number of aryl methyl sites for hydroxylation is 1. The lowest BCUT2D eigenvalue weighted by Gasteiger charge is -2.16. The number of hydrogen-bond donors (Lipinski definition) is 1. The number of rotatable bonds is 8. The van der Waals surface area contributed by atoms with Gasteiger partial charge < -0.3 is 18.9 Å². The number of carbonyl (C=O) groups is 1. The number of hydrogen-bond acceptors (Lipinski definition) is 6. The first-order valence-electron chi connectivity index (χ1n) is 10.6. The van der Waals surface area contributed by atoms with Crippen LogP contribution in [0.15, 0.2) is 54.7 Å². The molecule has 1 unspecified atom stereocenters. The van der Waals surface area contributed by atoms with Gasteiger partial charge in [0, 0.05) is 23.9 Å². The molecule has 1 aliphatic rings. The molecular formula is C24H27N3O5. The van der Waals surface area contributed by atoms with E-state index in [2.05, 4.69) is 10.4 Å². The van der Waals surface area contributed by atoms with E-state index < -0.39 is 6.09 Å². The Balaban J connectivity index is 1.38. The van der Waals surface area contributed by atoms with Gasteiger partial charge in [-0.25, -0.2) is 4.79 Å². The van der Waals surface area contributed by atoms with Crippen LogP contribution in [-0.4, -0.2) is 48.9 Å². The van der Waals surface area contributed by atoms with Crippen molar-refractivity contribution in [2.75, 3.05) is 32.2 Å². The normalized spacial score (nSPS) is 15.4. The highest BCUT2D eigenvalue weighted by Crippen LogP contribution is 2.34. The van der Waals surface area contributed by atoms with Crippen LogP contribution in [0.4, 0.5) is 10.5 Å². The number of carbonyl (C=O) groups excluding carboxylic acids is 1. The van der Waals surface area contributed by atoms with Crippen LogP contribution >= 0.6 is 0 Å². The summed E-state index contributed by atoms with van der Waals surface area (Å²) in [7, 11) is 1.62. The number of nitrogens with zero attached hydrogens (tertiary/aromatic N) is 2. The van der Waals surface area contributed by atoms with Crippen LogP contribution < -0.4 is 14.8 Å². The Kier molecular flexibility index (Phi) is 6.91. The van der Waals surface area contributed by atoms with Gasteiger partial charge in [0.15, 0.2) is 11.5 Å². The van der Waals surface area contributed by atoms with Crippen molar-refractivity contribution in [3.8, 4) is 22.8 Å². The Labute approximate surface area is 187 Å². The molecule has 1 aromatic heterocycles. The van der Waals surface area contributed by atoms with E-state index in [1.165, 1.54) is 0 Å². The van der Waals surface area contributed by atoms with Gasteiger partial charge in [-0.05, 0) is 43.3 Å². The predicted molar refractivity (Wildman–Crippen MR) is 120 cm³/mol. The summed E-state index contributed by atoms with van der Waals surface area (Å²) in [4.78, 5) is 12.1. The number of methoxy groups -OCH3 is 1. The van der Waals surface area contributed by atoms with Crippen LogP contribution in [-0.2, 0) is 16.0 Å². The van der Waals surface area contributed by atoms with Gasteiger partial charge in [0.25, 0.3) is 0 Å². The van der Waals surface area contributed by atoms with Crippen LogP contribution in [0.25, 0.3) is 11.3 Å². The summed E-state index contributed by atoms with van der Waals surface area (Å²) in [6, 6.07) is 15.2. The van der Waals surface area contributed by atoms with Crippen molar-refractivity contribution in [1.82, 2.24) is 9.78 Å². The molecule has 8 heteroatoms. The van der Waals surface area contributed by atoms with Gasteiger partial charge in [-0.3, -0.25) is 10.00 Å². The monoisotopic (exact) mass is 437 g/mol. The molecule has 0 radical (unpaired) electrons. The first-order chi connectivity index (χ1) is 15.6. The van der Waals surface area contributed by atoms with Gasteiger partial charge in [0.05, 0.1) is 32.6 Å². The fourth-order valence-corrected chi connectivity index (χ4v) is 3.49. The molecule has 2 aromatic carbocycles. The first kappa shape index (κ1) is 21.7. The van der Waals surface area contributed by atoms with Crippen LogP contribution in [0.2, 0.25) is 0 Å². The Morgan fingerprint density at radius 1 is 1.19 bits per heavy atom. The van der Waals surface area contributed by atoms with E-state index in [0.29, 0.717) is 36.9 Å². The number of anilines is 1. The van der Waals surface area contributed by atoms with Gasteiger partial charge in [0.2, 0.25) is 0 Å². The molecular weight excluding hydrogens is 410 g/mol. The minimum atomic E-state index is -0.499. The van der Waals surface area contributed by atoms with Crippen molar-refractivity contribution < 1.29 is 23.7 Å². The largest absolute Gasteiger partial charge is 0.493 e. The molecule has 1 aliphatic heterocycles. The molecule has 1 saturated heterocycles. The summed E-state index contributed by atoms with van der Waals surface area (Å²) in [6.07, 6.45) is 2.09. The maximum Gasteiger partial charge on any atom is 0.411 e. The maximum absolute atomic E-state index is 12.1. The topological polar surface area (TPSA) is 83.8 Å². The minimum Gasteiger partial charge on any atom is -0.493 e. The van der Waals surface area contributed by atoms with E-state index in [-0.39, 0.29) is 12.7 Å². The fraction of sp³-hybridized carbons (Fsp3) is 0.333. The SMILES string of the molecule is COc1ccc(-c2ccnn2CCOC(=O)Nc2ccc(C)cc2)cc1OC1CCOC1. The molecule has 1 amide bonds. The molecule has 8 nitrogen and oxygen atoms in total. The number of amides is 1. The van der Waals surface area contributed by atoms with E-state index in [1.54, 1.807) is 18.0 Å². The van der Waals surface area contributed by atoms with E-state index in [4.69, 9.17) is 18.9 Å². The zero-order valence-corrected chi connectivity index (χ0v) is 18.2. The number of nitrogens with one attached hydrogen (secondary N) is 1. The van der Waals surface area contributed by atoms with E-state index in [0.717, 1.165) is 23.2 Å². The van der Waals surface area contributed by atoms with Gasteiger partial charge in [-0.1, -0.05) is 17.7 Å². The first-order valence-corrected chi connectivity index (χ1v) is 10.6. The molecule has 1 atom stereocenters. The standard InChI is InChI=1S/C24H27N3O5/c1-17-3-6-19(7-4-17)26-24(28)31-14-12-27-21(9-11-25-27)18-5-8-22(29-2)23(15-18)32-20-10-13-30-16-20/h3-9,11,15,20H,10,12-14,16H2,1-2H3,(H,26,28). The fourth-order valence-electron chi connectivity index (χ4n) is 3.49. The van der Waals surface area contributed by atoms with Crippen molar-refractivity contribution in [2.24, 2.45) is 0 Å². The third-order valence-electron chi connectivity index (χ3n) is 5.19. The summed E-state index contributed by atoms with van der Waals surface area (Å²) in [5.74, 6) is 1.34. The highest BCUT2D eigenvalue weighted by atomic mass is 16.6. The van der Waals surface area contributed by atoms with E-state index in [9.17, 15) is 4.79 Å². The molecule has 2 heterocycles. The lowest BCUT2D eigenvalue weighted by Crippen LogP contribution is -2.18. The Morgan fingerprint density at radius 2 is 2.03 bits per heavy atom. The zero-order chi connectivity index (χ0) is 22.3. The minimum absolute atomic E-state index is 0.0181. The smallest absolute Gasteiger partial charge is 0.411 e. The quantitative estimate of drug-likeness (QED) is 0.566. The van der Waals surface area contributed by atoms with Gasteiger partial charge in [-0.2, -0.15) is 5.10 Å². The number of benzene rings is 2. The summed E-state index contributed by atoms with van der Waals surface area (Å²) in [6.45, 7) is 3.88. The van der Waals surface area contributed by atoms with Crippen LogP contribution in [0, 0.1) is 6.92 Å². The van der Waals surface area contributed by atoms with Crippen molar-refractivity contribution in [3.63, 3.8) is 0 Å². The lowest BCUT2D eigenvalue weighted by atomic mass is 10.1. The summed E-state index contributed by atoms with van der Waals surface area (Å²) in [5, 5.41) is 7.09. The maximum atomic E-state index is 12.1. The molecule has 4 rings (SSSR count). The second-order valence-corrected chi connectivity index (χ2v) is 7.54. The van der Waals surface area contributed by atoms with Crippen LogP contribution in [0.1, 0.15) is 12.0 Å². The molecule has 0 spiro atoms. The van der Waals surface area contributed by atoms with Crippen molar-refractivity contribution in [1.29, 1.82) is 0 Å². The third kappa shape index (κ3) is 5.39. The Morgan fingerprint density at radius 3 is 2.78 bits per heavy atom. The average molecular weight is 437 g/mol. The molecule has 1 fully saturated rings. The summed E-state index contributed by atoms with van der Waals surface area (Å²) >= 11 is 0. The molecule has 168 valence electrons. The van der Waals surface area contributed by atoms with E-state index in [1.807, 2.05) is 55.5 Å². The molecule has 0 aliphatic carbocycles. The summed E-state index contributed by atoms with van der Waals surface area (Å²) in [5.41, 5.74) is 3.64. The van der Waals surface area contributed by atoms with Gasteiger partial charge in [-0.15, -0.1) is 0 Å². The number of aromatic nitrogens is 2. The third-order valence-corrected chi connectivity index (χ3v) is 5.19. The summed E-state index contributed by atoms with van der Waals surface area (Å²) < 4.78 is 24.1. The van der Waals surface area contributed by atoms with Crippen molar-refractivity contribution in [3.05, 3.63) is 60.3 Å². The van der Waals surface area contributed by atoms with Crippen LogP contribution in [0.3, 0.4) is 0 Å². The molecule has 0 bridgehead atoms. The van der Waals surface area contributed by atoms with E-state index >= 15 is 0 Å². The Hall–Kier alpha value is -3.52.